The van der Waals surface area contributed by atoms with Crippen molar-refractivity contribution in [1.29, 1.82) is 0 Å². The van der Waals surface area contributed by atoms with E-state index in [2.05, 4.69) is 10.6 Å². The molecular formula is C18H21ClN2O2. The average Bonchev–Trinajstić information content (AvgIpc) is 2.55. The van der Waals surface area contributed by atoms with E-state index >= 15 is 0 Å². The third kappa shape index (κ3) is 5.93. The molecule has 2 rings (SSSR count). The van der Waals surface area contributed by atoms with Gasteiger partial charge in [-0.2, -0.15) is 0 Å². The molecule has 0 radical (unpaired) electrons. The molecule has 0 unspecified atom stereocenters. The lowest BCUT2D eigenvalue weighted by molar-refractivity contribution is -0.116. The molecule has 122 valence electrons. The molecule has 5 heteroatoms. The summed E-state index contributed by atoms with van der Waals surface area (Å²) in [5.41, 5.74) is 1.80. The first kappa shape index (κ1) is 17.3. The first-order valence-electron chi connectivity index (χ1n) is 7.66. The molecule has 0 aliphatic carbocycles. The van der Waals surface area contributed by atoms with Crippen LogP contribution in [0.1, 0.15) is 18.9 Å². The van der Waals surface area contributed by atoms with E-state index in [1.165, 1.54) is 0 Å². The van der Waals surface area contributed by atoms with Crippen LogP contribution in [0.4, 0.5) is 5.69 Å². The molecule has 0 heterocycles. The van der Waals surface area contributed by atoms with Crippen molar-refractivity contribution in [3.05, 3.63) is 59.1 Å². The van der Waals surface area contributed by atoms with E-state index in [4.69, 9.17) is 16.3 Å². The Hall–Kier alpha value is -2.04. The van der Waals surface area contributed by atoms with Crippen LogP contribution in [0.3, 0.4) is 0 Å². The monoisotopic (exact) mass is 332 g/mol. The predicted molar refractivity (Wildman–Crippen MR) is 94.0 cm³/mol. The SMILES string of the molecule is CCOc1ccc(NC(=O)CCNCc2ccccc2Cl)cc1. The summed E-state index contributed by atoms with van der Waals surface area (Å²) < 4.78 is 5.36. The van der Waals surface area contributed by atoms with Gasteiger partial charge in [-0.05, 0) is 42.8 Å². The Morgan fingerprint density at radius 2 is 1.87 bits per heavy atom. The van der Waals surface area contributed by atoms with Gasteiger partial charge >= 0.3 is 0 Å². The molecule has 1 amide bonds. The van der Waals surface area contributed by atoms with E-state index in [9.17, 15) is 4.79 Å². The first-order chi connectivity index (χ1) is 11.2. The molecular weight excluding hydrogens is 312 g/mol. The summed E-state index contributed by atoms with van der Waals surface area (Å²) >= 11 is 6.08. The number of amides is 1. The van der Waals surface area contributed by atoms with Crippen LogP contribution in [0, 0.1) is 0 Å². The molecule has 2 aromatic rings. The number of ether oxygens (including phenoxy) is 1. The zero-order valence-corrected chi connectivity index (χ0v) is 13.9. The van der Waals surface area contributed by atoms with E-state index < -0.39 is 0 Å². The maximum absolute atomic E-state index is 11.9. The summed E-state index contributed by atoms with van der Waals surface area (Å²) in [7, 11) is 0. The van der Waals surface area contributed by atoms with Gasteiger partial charge in [0.1, 0.15) is 5.75 Å². The van der Waals surface area contributed by atoms with Crippen LogP contribution < -0.4 is 15.4 Å². The van der Waals surface area contributed by atoms with E-state index in [1.54, 1.807) is 0 Å². The second-order valence-electron chi connectivity index (χ2n) is 5.02. The Kier molecular flexibility index (Phi) is 6.91. The van der Waals surface area contributed by atoms with E-state index in [0.717, 1.165) is 22.0 Å². The van der Waals surface area contributed by atoms with Gasteiger partial charge in [0.05, 0.1) is 6.61 Å². The molecule has 0 aliphatic rings. The van der Waals surface area contributed by atoms with E-state index in [0.29, 0.717) is 26.1 Å². The normalized spacial score (nSPS) is 10.3. The van der Waals surface area contributed by atoms with Crippen molar-refractivity contribution in [3.8, 4) is 5.75 Å². The molecule has 4 nitrogen and oxygen atoms in total. The first-order valence-corrected chi connectivity index (χ1v) is 8.03. The molecule has 0 fully saturated rings. The van der Waals surface area contributed by atoms with Crippen molar-refractivity contribution in [3.63, 3.8) is 0 Å². The number of halogens is 1. The van der Waals surface area contributed by atoms with Crippen LogP contribution >= 0.6 is 11.6 Å². The van der Waals surface area contributed by atoms with Crippen molar-refractivity contribution in [1.82, 2.24) is 5.32 Å². The lowest BCUT2D eigenvalue weighted by Gasteiger charge is -2.08. The maximum atomic E-state index is 11.9. The van der Waals surface area contributed by atoms with Crippen LogP contribution in [0.25, 0.3) is 0 Å². The van der Waals surface area contributed by atoms with Crippen molar-refractivity contribution in [2.24, 2.45) is 0 Å². The van der Waals surface area contributed by atoms with Crippen LogP contribution in [0.15, 0.2) is 48.5 Å². The Morgan fingerprint density at radius 3 is 2.57 bits per heavy atom. The highest BCUT2D eigenvalue weighted by Gasteiger charge is 2.03. The Morgan fingerprint density at radius 1 is 1.13 bits per heavy atom. The number of hydrogen-bond acceptors (Lipinski definition) is 3. The fraction of sp³-hybridized carbons (Fsp3) is 0.278. The fourth-order valence-electron chi connectivity index (χ4n) is 2.09. The standard InChI is InChI=1S/C18H21ClN2O2/c1-2-23-16-9-7-15(8-10-16)21-18(22)11-12-20-13-14-5-3-4-6-17(14)19/h3-10,20H,2,11-13H2,1H3,(H,21,22). The molecule has 0 aliphatic heterocycles. The summed E-state index contributed by atoms with van der Waals surface area (Å²) in [6.45, 7) is 3.80. The highest BCUT2D eigenvalue weighted by molar-refractivity contribution is 6.31. The number of benzene rings is 2. The Balaban J connectivity index is 1.70. The van der Waals surface area contributed by atoms with E-state index in [1.807, 2.05) is 55.5 Å². The lowest BCUT2D eigenvalue weighted by atomic mass is 10.2. The number of anilines is 1. The second-order valence-corrected chi connectivity index (χ2v) is 5.43. The van der Waals surface area contributed by atoms with Crippen molar-refractivity contribution >= 4 is 23.2 Å². The Bertz CT molecular complexity index is 629. The number of hydrogen-bond donors (Lipinski definition) is 2. The van der Waals surface area contributed by atoms with Crippen LogP contribution in [-0.2, 0) is 11.3 Å². The molecule has 0 spiro atoms. The van der Waals surface area contributed by atoms with Crippen LogP contribution in [0.5, 0.6) is 5.75 Å². The summed E-state index contributed by atoms with van der Waals surface area (Å²) in [6, 6.07) is 15.0. The van der Waals surface area contributed by atoms with Gasteiger partial charge in [-0.15, -0.1) is 0 Å². The Labute approximate surface area is 141 Å². The minimum Gasteiger partial charge on any atom is -0.494 e. The highest BCUT2D eigenvalue weighted by atomic mass is 35.5. The zero-order chi connectivity index (χ0) is 16.5. The molecule has 23 heavy (non-hydrogen) atoms. The van der Waals surface area contributed by atoms with Gasteiger partial charge in [-0.25, -0.2) is 0 Å². The van der Waals surface area contributed by atoms with Gasteiger partial charge in [0.2, 0.25) is 5.91 Å². The summed E-state index contributed by atoms with van der Waals surface area (Å²) in [5.74, 6) is 0.771. The number of nitrogens with one attached hydrogen (secondary N) is 2. The zero-order valence-electron chi connectivity index (χ0n) is 13.1. The number of rotatable bonds is 8. The summed E-state index contributed by atoms with van der Waals surface area (Å²) in [6.07, 6.45) is 0.400. The van der Waals surface area contributed by atoms with Gasteiger partial charge in [-0.1, -0.05) is 29.8 Å². The minimum atomic E-state index is -0.0270. The maximum Gasteiger partial charge on any atom is 0.225 e. The number of carbonyl (C=O) groups excluding carboxylic acids is 1. The minimum absolute atomic E-state index is 0.0270. The molecule has 0 saturated heterocycles. The van der Waals surface area contributed by atoms with Gasteiger partial charge < -0.3 is 15.4 Å². The average molecular weight is 333 g/mol. The molecule has 0 saturated carbocycles. The van der Waals surface area contributed by atoms with Crippen molar-refractivity contribution < 1.29 is 9.53 Å². The van der Waals surface area contributed by atoms with Crippen LogP contribution in [0.2, 0.25) is 5.02 Å². The third-order valence-corrected chi connectivity index (χ3v) is 3.62. The summed E-state index contributed by atoms with van der Waals surface area (Å²) in [5, 5.41) is 6.82. The molecule has 0 atom stereocenters. The smallest absolute Gasteiger partial charge is 0.225 e. The topological polar surface area (TPSA) is 50.4 Å². The summed E-state index contributed by atoms with van der Waals surface area (Å²) in [4.78, 5) is 11.9. The molecule has 0 aromatic heterocycles. The van der Waals surface area contributed by atoms with E-state index in [-0.39, 0.29) is 5.91 Å². The molecule has 0 bridgehead atoms. The predicted octanol–water partition coefficient (Wildman–Crippen LogP) is 3.86. The quantitative estimate of drug-likeness (QED) is 0.722. The number of carbonyl (C=O) groups is 1. The van der Waals surface area contributed by atoms with Crippen molar-refractivity contribution in [2.75, 3.05) is 18.5 Å². The van der Waals surface area contributed by atoms with Crippen molar-refractivity contribution in [2.45, 2.75) is 19.9 Å². The fourth-order valence-corrected chi connectivity index (χ4v) is 2.29. The van der Waals surface area contributed by atoms with Gasteiger partial charge in [0.15, 0.2) is 0 Å². The van der Waals surface area contributed by atoms with Gasteiger partial charge in [0, 0.05) is 30.2 Å². The van der Waals surface area contributed by atoms with Gasteiger partial charge in [-0.3, -0.25) is 4.79 Å². The van der Waals surface area contributed by atoms with Gasteiger partial charge in [0.25, 0.3) is 0 Å². The lowest BCUT2D eigenvalue weighted by Crippen LogP contribution is -2.21. The second kappa shape index (κ2) is 9.18. The largest absolute Gasteiger partial charge is 0.494 e. The molecule has 2 aromatic carbocycles. The highest BCUT2D eigenvalue weighted by Crippen LogP contribution is 2.16. The van der Waals surface area contributed by atoms with Crippen LogP contribution in [-0.4, -0.2) is 19.1 Å². The molecule has 2 N–H and O–H groups in total. The third-order valence-electron chi connectivity index (χ3n) is 3.25.